The lowest BCUT2D eigenvalue weighted by molar-refractivity contribution is -0.274. The van der Waals surface area contributed by atoms with E-state index in [-0.39, 0.29) is 11.5 Å². The molecule has 2 aromatic carbocycles. The van der Waals surface area contributed by atoms with E-state index in [1.807, 2.05) is 0 Å². The monoisotopic (exact) mass is 592 g/mol. The minimum Gasteiger partial charge on any atom is -0.432 e. The van der Waals surface area contributed by atoms with Gasteiger partial charge in [-0.3, -0.25) is 0 Å². The Balaban J connectivity index is 1.18. The number of benzene rings is 2. The fraction of sp³-hybridized carbons (Fsp3) is 0.600. The van der Waals surface area contributed by atoms with Crippen LogP contribution in [0.3, 0.4) is 0 Å². The normalized spacial score (nSPS) is 23.7. The van der Waals surface area contributed by atoms with E-state index in [2.05, 4.69) is 23.8 Å². The number of ether oxygens (including phenoxy) is 2. The average molecular weight is 593 g/mol. The predicted molar refractivity (Wildman–Crippen MR) is 158 cm³/mol. The lowest BCUT2D eigenvalue weighted by Gasteiger charge is -2.32. The van der Waals surface area contributed by atoms with Crippen LogP contribution < -0.4 is 9.47 Å². The molecule has 0 aromatic heterocycles. The van der Waals surface area contributed by atoms with Crippen LogP contribution in [0.1, 0.15) is 96.8 Å². The zero-order chi connectivity index (χ0) is 30.0. The molecule has 0 bridgehead atoms. The first kappa shape index (κ1) is 32.3. The molecule has 4 rings (SSSR count). The zero-order valence-electron chi connectivity index (χ0n) is 24.7. The van der Waals surface area contributed by atoms with Crippen LogP contribution in [0.5, 0.6) is 11.5 Å². The Bertz CT molecular complexity index is 1080. The van der Waals surface area contributed by atoms with Gasteiger partial charge in [-0.05, 0) is 105 Å². The molecular weight excluding hydrogens is 547 g/mol. The van der Waals surface area contributed by atoms with Crippen LogP contribution in [0.15, 0.2) is 60.7 Å². The number of rotatable bonds is 13. The van der Waals surface area contributed by atoms with Crippen LogP contribution in [0.4, 0.5) is 22.0 Å². The van der Waals surface area contributed by atoms with Gasteiger partial charge in [0.15, 0.2) is 0 Å². The molecule has 2 saturated carbocycles. The molecule has 0 heterocycles. The molecule has 0 N–H and O–H groups in total. The molecule has 0 aliphatic heterocycles. The predicted octanol–water partition coefficient (Wildman–Crippen LogP) is 11.8. The average Bonchev–Trinajstić information content (AvgIpc) is 2.97. The van der Waals surface area contributed by atoms with Crippen molar-refractivity contribution in [2.75, 3.05) is 0 Å². The van der Waals surface area contributed by atoms with E-state index < -0.39 is 18.4 Å². The van der Waals surface area contributed by atoms with Crippen molar-refractivity contribution in [2.45, 2.75) is 109 Å². The largest absolute Gasteiger partial charge is 0.573 e. The minimum absolute atomic E-state index is 0.0688. The Labute approximate surface area is 247 Å². The molecule has 0 spiro atoms. The number of alkyl halides is 5. The number of allylic oxidation sites excluding steroid dienone is 2. The molecule has 232 valence electrons. The maximum atomic E-state index is 15.0. The quantitative estimate of drug-likeness (QED) is 0.131. The van der Waals surface area contributed by atoms with Crippen molar-refractivity contribution >= 4 is 0 Å². The molecule has 0 amide bonds. The SMILES string of the molecule is CCCCCCCC1CCC(/C=C/C2CCC(C(F)(F)Oc3ccc(-c4ccc(OC(F)(F)F)cc4)cc3)CC2)CC1. The Morgan fingerprint density at radius 2 is 1.10 bits per heavy atom. The highest BCUT2D eigenvalue weighted by atomic mass is 19.4. The molecule has 0 unspecified atom stereocenters. The standard InChI is InChI=1S/C35H45F5O2/c1-2-3-4-5-6-7-26-8-10-27(11-9-26)12-13-28-14-20-31(21-15-28)34(36,37)41-32-22-16-29(17-23-32)30-18-24-33(25-19-30)42-35(38,39)40/h12-13,16-19,22-28,31H,2-11,14-15,20-21H2,1H3/b13-12+. The second-order valence-corrected chi connectivity index (χ2v) is 12.2. The smallest absolute Gasteiger partial charge is 0.432 e. The Morgan fingerprint density at radius 3 is 1.60 bits per heavy atom. The van der Waals surface area contributed by atoms with Gasteiger partial charge >= 0.3 is 12.5 Å². The van der Waals surface area contributed by atoms with E-state index in [4.69, 9.17) is 4.74 Å². The third kappa shape index (κ3) is 10.3. The summed E-state index contributed by atoms with van der Waals surface area (Å²) < 4.78 is 76.2. The lowest BCUT2D eigenvalue weighted by Crippen LogP contribution is -2.37. The van der Waals surface area contributed by atoms with Gasteiger partial charge in [-0.25, -0.2) is 0 Å². The second kappa shape index (κ2) is 15.2. The van der Waals surface area contributed by atoms with Crippen molar-refractivity contribution in [3.05, 3.63) is 60.7 Å². The number of unbranched alkanes of at least 4 members (excludes halogenated alkanes) is 4. The third-order valence-electron chi connectivity index (χ3n) is 9.04. The molecule has 7 heteroatoms. The van der Waals surface area contributed by atoms with Crippen LogP contribution in [-0.2, 0) is 0 Å². The maximum absolute atomic E-state index is 15.0. The van der Waals surface area contributed by atoms with Gasteiger partial charge < -0.3 is 9.47 Å². The molecule has 2 aromatic rings. The summed E-state index contributed by atoms with van der Waals surface area (Å²) in [6.45, 7) is 2.25. The van der Waals surface area contributed by atoms with Crippen molar-refractivity contribution < 1.29 is 31.4 Å². The number of hydrogen-bond acceptors (Lipinski definition) is 2. The van der Waals surface area contributed by atoms with E-state index in [9.17, 15) is 13.2 Å². The van der Waals surface area contributed by atoms with Crippen molar-refractivity contribution in [3.63, 3.8) is 0 Å². The van der Waals surface area contributed by atoms with Crippen LogP contribution in [0.25, 0.3) is 11.1 Å². The molecule has 0 radical (unpaired) electrons. The van der Waals surface area contributed by atoms with Crippen molar-refractivity contribution in [1.29, 1.82) is 0 Å². The fourth-order valence-electron chi connectivity index (χ4n) is 6.47. The molecule has 42 heavy (non-hydrogen) atoms. The highest BCUT2D eigenvalue weighted by Gasteiger charge is 2.43. The summed E-state index contributed by atoms with van der Waals surface area (Å²) in [7, 11) is 0. The second-order valence-electron chi connectivity index (χ2n) is 12.2. The highest BCUT2D eigenvalue weighted by Crippen LogP contribution is 2.41. The molecular formula is C35H45F5O2. The summed E-state index contributed by atoms with van der Waals surface area (Å²) in [6.07, 6.45) is 12.3. The number of hydrogen-bond donors (Lipinski definition) is 0. The van der Waals surface area contributed by atoms with Crippen molar-refractivity contribution in [3.8, 4) is 22.6 Å². The van der Waals surface area contributed by atoms with Gasteiger partial charge in [0, 0.05) is 0 Å². The highest BCUT2D eigenvalue weighted by molar-refractivity contribution is 5.64. The maximum Gasteiger partial charge on any atom is 0.573 e. The Hall–Kier alpha value is -2.57. The first-order valence-corrected chi connectivity index (χ1v) is 15.8. The van der Waals surface area contributed by atoms with Crippen LogP contribution in [-0.4, -0.2) is 12.5 Å². The van der Waals surface area contributed by atoms with Gasteiger partial charge in [0.2, 0.25) is 0 Å². The van der Waals surface area contributed by atoms with Gasteiger partial charge in [0.25, 0.3) is 0 Å². The van der Waals surface area contributed by atoms with Crippen LogP contribution in [0, 0.1) is 23.7 Å². The van der Waals surface area contributed by atoms with E-state index in [1.165, 1.54) is 101 Å². The summed E-state index contributed by atoms with van der Waals surface area (Å²) in [6, 6.07) is 11.6. The first-order valence-electron chi connectivity index (χ1n) is 15.8. The molecule has 2 aliphatic carbocycles. The van der Waals surface area contributed by atoms with Crippen molar-refractivity contribution in [1.82, 2.24) is 0 Å². The Morgan fingerprint density at radius 1 is 0.619 bits per heavy atom. The van der Waals surface area contributed by atoms with E-state index in [1.54, 1.807) is 12.1 Å². The summed E-state index contributed by atoms with van der Waals surface area (Å²) >= 11 is 0. The van der Waals surface area contributed by atoms with Gasteiger partial charge in [-0.1, -0.05) is 81.9 Å². The molecule has 2 fully saturated rings. The van der Waals surface area contributed by atoms with Gasteiger partial charge in [-0.2, -0.15) is 8.78 Å². The van der Waals surface area contributed by atoms with Crippen LogP contribution >= 0.6 is 0 Å². The lowest BCUT2D eigenvalue weighted by atomic mass is 9.77. The minimum atomic E-state index is -4.76. The summed E-state index contributed by atoms with van der Waals surface area (Å²) in [4.78, 5) is 0. The first-order chi connectivity index (χ1) is 20.1. The van der Waals surface area contributed by atoms with Crippen LogP contribution in [0.2, 0.25) is 0 Å². The molecule has 0 saturated heterocycles. The Kier molecular flexibility index (Phi) is 11.7. The van der Waals surface area contributed by atoms with Gasteiger partial charge in [0.1, 0.15) is 11.5 Å². The molecule has 2 aliphatic rings. The fourth-order valence-corrected chi connectivity index (χ4v) is 6.47. The van der Waals surface area contributed by atoms with E-state index in [0.29, 0.717) is 35.8 Å². The summed E-state index contributed by atoms with van der Waals surface area (Å²) in [5.41, 5.74) is 1.31. The zero-order valence-corrected chi connectivity index (χ0v) is 24.7. The van der Waals surface area contributed by atoms with E-state index in [0.717, 1.165) is 18.8 Å². The molecule has 2 nitrogen and oxygen atoms in total. The number of halogens is 5. The van der Waals surface area contributed by atoms with E-state index >= 15 is 8.78 Å². The van der Waals surface area contributed by atoms with Gasteiger partial charge in [0.05, 0.1) is 5.92 Å². The third-order valence-corrected chi connectivity index (χ3v) is 9.04. The topological polar surface area (TPSA) is 18.5 Å². The summed E-state index contributed by atoms with van der Waals surface area (Å²) in [5, 5.41) is 0. The van der Waals surface area contributed by atoms with Crippen molar-refractivity contribution in [2.24, 2.45) is 23.7 Å². The van der Waals surface area contributed by atoms with Gasteiger partial charge in [-0.15, -0.1) is 13.2 Å². The summed E-state index contributed by atoms with van der Waals surface area (Å²) in [5.74, 6) is 0.814. The molecule has 0 atom stereocenters.